The molecule has 1 heterocycles. The molecule has 0 spiro atoms. The minimum Gasteiger partial charge on any atom is -0.497 e. The molecule has 0 radical (unpaired) electrons. The van der Waals surface area contributed by atoms with E-state index >= 15 is 0 Å². The molecular formula is C18H20N2O6. The molecule has 2 N–H and O–H groups in total. The van der Waals surface area contributed by atoms with Gasteiger partial charge in [-0.1, -0.05) is 0 Å². The van der Waals surface area contributed by atoms with Crippen molar-refractivity contribution in [3.05, 3.63) is 54.0 Å². The summed E-state index contributed by atoms with van der Waals surface area (Å²) in [5.41, 5.74) is 0.378. The number of hydrogen-bond acceptors (Lipinski definition) is 6. The predicted molar refractivity (Wildman–Crippen MR) is 91.4 cm³/mol. The fourth-order valence-corrected chi connectivity index (χ4v) is 2.02. The van der Waals surface area contributed by atoms with E-state index in [2.05, 4.69) is 10.6 Å². The number of carbonyl (C=O) groups is 3. The van der Waals surface area contributed by atoms with E-state index in [4.69, 9.17) is 13.9 Å². The number of methoxy groups -OCH3 is 1. The van der Waals surface area contributed by atoms with Crippen LogP contribution in [0.5, 0.6) is 5.75 Å². The van der Waals surface area contributed by atoms with Crippen LogP contribution in [0.2, 0.25) is 0 Å². The molecule has 0 saturated carbocycles. The Morgan fingerprint density at radius 3 is 2.46 bits per heavy atom. The van der Waals surface area contributed by atoms with E-state index in [0.29, 0.717) is 17.1 Å². The normalized spacial score (nSPS) is 11.3. The van der Waals surface area contributed by atoms with Gasteiger partial charge in [-0.3, -0.25) is 14.4 Å². The van der Waals surface area contributed by atoms with Crippen LogP contribution in [0.3, 0.4) is 0 Å². The lowest BCUT2D eigenvalue weighted by molar-refractivity contribution is -0.153. The smallest absolute Gasteiger partial charge is 0.326 e. The summed E-state index contributed by atoms with van der Waals surface area (Å²) in [6.45, 7) is 1.29. The van der Waals surface area contributed by atoms with E-state index < -0.39 is 23.9 Å². The highest BCUT2D eigenvalue weighted by Gasteiger charge is 2.18. The molecule has 1 atom stereocenters. The van der Waals surface area contributed by atoms with Gasteiger partial charge < -0.3 is 24.5 Å². The van der Waals surface area contributed by atoms with Crippen LogP contribution in [0.15, 0.2) is 47.1 Å². The van der Waals surface area contributed by atoms with Gasteiger partial charge in [-0.25, -0.2) is 0 Å². The Balaban J connectivity index is 1.72. The molecule has 2 amide bonds. The first-order valence-electron chi connectivity index (χ1n) is 7.91. The lowest BCUT2D eigenvalue weighted by Crippen LogP contribution is -2.38. The van der Waals surface area contributed by atoms with Gasteiger partial charge in [0.2, 0.25) is 0 Å². The number of rotatable bonds is 8. The van der Waals surface area contributed by atoms with Gasteiger partial charge in [0, 0.05) is 5.56 Å². The summed E-state index contributed by atoms with van der Waals surface area (Å²) >= 11 is 0. The molecule has 8 heteroatoms. The summed E-state index contributed by atoms with van der Waals surface area (Å²) in [6, 6.07) is 9.84. The Morgan fingerprint density at radius 2 is 1.85 bits per heavy atom. The number of hydrogen-bond donors (Lipinski definition) is 2. The third-order valence-corrected chi connectivity index (χ3v) is 3.44. The SMILES string of the molecule is COc1ccc(C(=O)NCC(=O)O[C@H](C)C(=O)NCc2ccco2)cc1. The maximum Gasteiger partial charge on any atom is 0.326 e. The monoisotopic (exact) mass is 360 g/mol. The largest absolute Gasteiger partial charge is 0.497 e. The Morgan fingerprint density at radius 1 is 1.12 bits per heavy atom. The molecule has 0 fully saturated rings. The molecule has 8 nitrogen and oxygen atoms in total. The van der Waals surface area contributed by atoms with Gasteiger partial charge in [-0.05, 0) is 43.3 Å². The Labute approximate surface area is 150 Å². The minimum absolute atomic E-state index is 0.196. The van der Waals surface area contributed by atoms with Crippen molar-refractivity contribution in [1.82, 2.24) is 10.6 Å². The van der Waals surface area contributed by atoms with Crippen molar-refractivity contribution in [2.24, 2.45) is 0 Å². The molecule has 2 aromatic rings. The van der Waals surface area contributed by atoms with Crippen LogP contribution in [0.1, 0.15) is 23.0 Å². The van der Waals surface area contributed by atoms with Crippen molar-refractivity contribution in [3.63, 3.8) is 0 Å². The van der Waals surface area contributed by atoms with E-state index in [1.54, 1.807) is 36.4 Å². The molecule has 2 rings (SSSR count). The van der Waals surface area contributed by atoms with E-state index in [-0.39, 0.29) is 13.1 Å². The molecule has 1 aromatic heterocycles. The molecule has 0 unspecified atom stereocenters. The van der Waals surface area contributed by atoms with Gasteiger partial charge in [0.25, 0.3) is 11.8 Å². The van der Waals surface area contributed by atoms with Crippen LogP contribution < -0.4 is 15.4 Å². The van der Waals surface area contributed by atoms with E-state index in [1.807, 2.05) is 0 Å². The fraction of sp³-hybridized carbons (Fsp3) is 0.278. The number of carbonyl (C=O) groups excluding carboxylic acids is 3. The van der Waals surface area contributed by atoms with Gasteiger partial charge in [-0.15, -0.1) is 0 Å². The zero-order valence-corrected chi connectivity index (χ0v) is 14.5. The summed E-state index contributed by atoms with van der Waals surface area (Å²) in [7, 11) is 1.52. The molecule has 138 valence electrons. The van der Waals surface area contributed by atoms with Crippen LogP contribution in [-0.4, -0.2) is 37.5 Å². The van der Waals surface area contributed by atoms with E-state index in [1.165, 1.54) is 20.3 Å². The highest BCUT2D eigenvalue weighted by atomic mass is 16.5. The quantitative estimate of drug-likeness (QED) is 0.687. The Bertz CT molecular complexity index is 740. The average molecular weight is 360 g/mol. The number of amides is 2. The van der Waals surface area contributed by atoms with Crippen molar-refractivity contribution in [2.45, 2.75) is 19.6 Å². The maximum absolute atomic E-state index is 12.0. The third kappa shape index (κ3) is 5.66. The van der Waals surface area contributed by atoms with Crippen LogP contribution in [-0.2, 0) is 20.9 Å². The van der Waals surface area contributed by atoms with Crippen molar-refractivity contribution >= 4 is 17.8 Å². The van der Waals surface area contributed by atoms with Crippen molar-refractivity contribution in [1.29, 1.82) is 0 Å². The lowest BCUT2D eigenvalue weighted by atomic mass is 10.2. The zero-order valence-electron chi connectivity index (χ0n) is 14.5. The molecule has 0 saturated heterocycles. The van der Waals surface area contributed by atoms with Gasteiger partial charge in [-0.2, -0.15) is 0 Å². The first-order chi connectivity index (χ1) is 12.5. The summed E-state index contributed by atoms with van der Waals surface area (Å²) < 4.78 is 15.1. The summed E-state index contributed by atoms with van der Waals surface area (Å²) in [5, 5.41) is 5.02. The van der Waals surface area contributed by atoms with Crippen molar-refractivity contribution < 1.29 is 28.3 Å². The van der Waals surface area contributed by atoms with Crippen molar-refractivity contribution in [2.75, 3.05) is 13.7 Å². The molecular weight excluding hydrogens is 340 g/mol. The number of esters is 1. The molecule has 26 heavy (non-hydrogen) atoms. The average Bonchev–Trinajstić information content (AvgIpc) is 3.17. The third-order valence-electron chi connectivity index (χ3n) is 3.44. The van der Waals surface area contributed by atoms with Crippen LogP contribution in [0.25, 0.3) is 0 Å². The Hall–Kier alpha value is -3.29. The summed E-state index contributed by atoms with van der Waals surface area (Å²) in [6.07, 6.45) is 0.506. The first kappa shape index (κ1) is 19.0. The summed E-state index contributed by atoms with van der Waals surface area (Å²) in [5.74, 6) is -0.401. The van der Waals surface area contributed by atoms with Gasteiger partial charge in [0.1, 0.15) is 18.1 Å². The van der Waals surface area contributed by atoms with Gasteiger partial charge >= 0.3 is 5.97 Å². The maximum atomic E-state index is 12.0. The molecule has 0 aliphatic rings. The predicted octanol–water partition coefficient (Wildman–Crippen LogP) is 1.27. The molecule has 0 aliphatic carbocycles. The second kappa shape index (κ2) is 9.26. The number of furan rings is 1. The standard InChI is InChI=1S/C18H20N2O6/c1-12(17(22)19-10-15-4-3-9-25-15)26-16(21)11-20-18(23)13-5-7-14(24-2)8-6-13/h3-9,12H,10-11H2,1-2H3,(H,19,22)(H,20,23)/t12-/m1/s1. The Kier molecular flexibility index (Phi) is 6.78. The first-order valence-corrected chi connectivity index (χ1v) is 7.91. The number of benzene rings is 1. The van der Waals surface area contributed by atoms with Crippen LogP contribution in [0.4, 0.5) is 0 Å². The second-order valence-corrected chi connectivity index (χ2v) is 5.34. The number of ether oxygens (including phenoxy) is 2. The van der Waals surface area contributed by atoms with Crippen LogP contribution >= 0.6 is 0 Å². The molecule has 0 bridgehead atoms. The minimum atomic E-state index is -0.990. The van der Waals surface area contributed by atoms with E-state index in [0.717, 1.165) is 0 Å². The fourth-order valence-electron chi connectivity index (χ4n) is 2.02. The topological polar surface area (TPSA) is 107 Å². The highest BCUT2D eigenvalue weighted by molar-refractivity contribution is 5.96. The number of nitrogens with one attached hydrogen (secondary N) is 2. The molecule has 0 aliphatic heterocycles. The van der Waals surface area contributed by atoms with Gasteiger partial charge in [0.15, 0.2) is 6.10 Å². The van der Waals surface area contributed by atoms with Gasteiger partial charge in [0.05, 0.1) is 19.9 Å². The van der Waals surface area contributed by atoms with E-state index in [9.17, 15) is 14.4 Å². The lowest BCUT2D eigenvalue weighted by Gasteiger charge is -2.13. The summed E-state index contributed by atoms with van der Waals surface area (Å²) in [4.78, 5) is 35.6. The molecule has 1 aromatic carbocycles. The highest BCUT2D eigenvalue weighted by Crippen LogP contribution is 2.11. The van der Waals surface area contributed by atoms with Crippen molar-refractivity contribution in [3.8, 4) is 5.75 Å². The van der Waals surface area contributed by atoms with Crippen LogP contribution in [0, 0.1) is 0 Å². The second-order valence-electron chi connectivity index (χ2n) is 5.34. The zero-order chi connectivity index (χ0) is 18.9.